The molecule has 29 heavy (non-hydrogen) atoms. The van der Waals surface area contributed by atoms with Gasteiger partial charge in [0, 0.05) is 28.0 Å². The summed E-state index contributed by atoms with van der Waals surface area (Å²) in [6.07, 6.45) is 0.644. The average molecular weight is 429 g/mol. The van der Waals surface area contributed by atoms with Gasteiger partial charge >= 0.3 is 0 Å². The SMILES string of the molecule is CNS(=O)(=O)c1ccc(-c2cccs2)c(C(=O)NC2CCOc3ccccc32)c1. The molecular weight excluding hydrogens is 408 g/mol. The van der Waals surface area contributed by atoms with E-state index in [-0.39, 0.29) is 16.8 Å². The van der Waals surface area contributed by atoms with E-state index in [9.17, 15) is 13.2 Å². The lowest BCUT2D eigenvalue weighted by Crippen LogP contribution is -2.32. The molecule has 2 heterocycles. The van der Waals surface area contributed by atoms with Crippen LogP contribution < -0.4 is 14.8 Å². The molecular formula is C21H20N2O4S2. The van der Waals surface area contributed by atoms with Crippen molar-refractivity contribution < 1.29 is 17.9 Å². The second kappa shape index (κ2) is 7.98. The zero-order chi connectivity index (χ0) is 20.4. The van der Waals surface area contributed by atoms with Gasteiger partial charge in [-0.3, -0.25) is 4.79 Å². The molecule has 1 amide bonds. The third-order valence-corrected chi connectivity index (χ3v) is 7.18. The van der Waals surface area contributed by atoms with Crippen LogP contribution in [0.4, 0.5) is 0 Å². The van der Waals surface area contributed by atoms with Gasteiger partial charge in [0.15, 0.2) is 0 Å². The van der Waals surface area contributed by atoms with Gasteiger partial charge < -0.3 is 10.1 Å². The van der Waals surface area contributed by atoms with Crippen molar-refractivity contribution in [3.05, 3.63) is 71.1 Å². The maximum absolute atomic E-state index is 13.2. The number of hydrogen-bond acceptors (Lipinski definition) is 5. The Morgan fingerprint density at radius 2 is 1.97 bits per heavy atom. The molecule has 2 aromatic carbocycles. The summed E-state index contributed by atoms with van der Waals surface area (Å²) < 4.78 is 32.5. The fourth-order valence-electron chi connectivity index (χ4n) is 3.37. The van der Waals surface area contributed by atoms with Gasteiger partial charge in [-0.1, -0.05) is 30.3 Å². The topological polar surface area (TPSA) is 84.5 Å². The van der Waals surface area contributed by atoms with Crippen LogP contribution in [0, 0.1) is 0 Å². The molecule has 8 heteroatoms. The third-order valence-electron chi connectivity index (χ3n) is 4.87. The molecule has 0 saturated carbocycles. The van der Waals surface area contributed by atoms with Crippen molar-refractivity contribution in [1.29, 1.82) is 0 Å². The summed E-state index contributed by atoms with van der Waals surface area (Å²) in [5, 5.41) is 4.98. The molecule has 1 aromatic heterocycles. The smallest absolute Gasteiger partial charge is 0.252 e. The second-order valence-corrected chi connectivity index (χ2v) is 9.43. The summed E-state index contributed by atoms with van der Waals surface area (Å²) in [5.41, 5.74) is 1.95. The fourth-order valence-corrected chi connectivity index (χ4v) is 4.89. The molecule has 0 aliphatic carbocycles. The van der Waals surface area contributed by atoms with Crippen LogP contribution in [0.2, 0.25) is 0 Å². The van der Waals surface area contributed by atoms with E-state index < -0.39 is 10.0 Å². The molecule has 6 nitrogen and oxygen atoms in total. The minimum absolute atomic E-state index is 0.0535. The number of benzene rings is 2. The maximum atomic E-state index is 13.2. The van der Waals surface area contributed by atoms with E-state index in [1.807, 2.05) is 41.8 Å². The van der Waals surface area contributed by atoms with Crippen molar-refractivity contribution in [2.45, 2.75) is 17.4 Å². The Bertz CT molecular complexity index is 1140. The van der Waals surface area contributed by atoms with Gasteiger partial charge in [0.05, 0.1) is 17.5 Å². The Morgan fingerprint density at radius 1 is 1.14 bits per heavy atom. The van der Waals surface area contributed by atoms with Crippen LogP contribution in [0.1, 0.15) is 28.4 Å². The van der Waals surface area contributed by atoms with Gasteiger partial charge in [-0.05, 0) is 36.7 Å². The Hall–Kier alpha value is -2.68. The molecule has 1 aliphatic rings. The average Bonchev–Trinajstić information content (AvgIpc) is 3.28. The largest absolute Gasteiger partial charge is 0.493 e. The molecule has 4 rings (SSSR count). The van der Waals surface area contributed by atoms with E-state index in [0.29, 0.717) is 24.2 Å². The zero-order valence-corrected chi connectivity index (χ0v) is 17.3. The van der Waals surface area contributed by atoms with E-state index in [2.05, 4.69) is 10.0 Å². The number of ether oxygens (including phenoxy) is 1. The van der Waals surface area contributed by atoms with Gasteiger partial charge in [0.25, 0.3) is 5.91 Å². The molecule has 0 spiro atoms. The standard InChI is InChI=1S/C21H20N2O4S2/c1-22-29(25,26)14-8-9-15(20-7-4-12-28-20)17(13-14)21(24)23-18-10-11-27-19-6-3-2-5-16(18)19/h2-9,12-13,18,22H,10-11H2,1H3,(H,23,24). The Labute approximate surface area is 173 Å². The van der Waals surface area contributed by atoms with Crippen molar-refractivity contribution in [3.63, 3.8) is 0 Å². The maximum Gasteiger partial charge on any atom is 0.252 e. The van der Waals surface area contributed by atoms with E-state index >= 15 is 0 Å². The first-order valence-electron chi connectivity index (χ1n) is 9.13. The molecule has 1 atom stereocenters. The number of para-hydroxylation sites is 1. The molecule has 0 fully saturated rings. The lowest BCUT2D eigenvalue weighted by atomic mass is 9.99. The number of carbonyl (C=O) groups is 1. The van der Waals surface area contributed by atoms with E-state index in [1.54, 1.807) is 6.07 Å². The minimum atomic E-state index is -3.67. The van der Waals surface area contributed by atoms with Crippen molar-refractivity contribution in [2.24, 2.45) is 0 Å². The lowest BCUT2D eigenvalue weighted by Gasteiger charge is -2.27. The predicted octanol–water partition coefficient (Wildman–Crippen LogP) is 3.58. The number of nitrogens with one attached hydrogen (secondary N) is 2. The van der Waals surface area contributed by atoms with Crippen LogP contribution in [-0.2, 0) is 10.0 Å². The fraction of sp³-hybridized carbons (Fsp3) is 0.190. The highest BCUT2D eigenvalue weighted by Gasteiger charge is 2.25. The summed E-state index contributed by atoms with van der Waals surface area (Å²) in [5.74, 6) is 0.442. The molecule has 0 radical (unpaired) electrons. The molecule has 0 saturated heterocycles. The number of sulfonamides is 1. The van der Waals surface area contributed by atoms with Gasteiger partial charge in [-0.15, -0.1) is 11.3 Å². The first-order valence-corrected chi connectivity index (χ1v) is 11.5. The summed E-state index contributed by atoms with van der Waals surface area (Å²) in [6, 6.07) is 15.8. The Kier molecular flexibility index (Phi) is 5.40. The van der Waals surface area contributed by atoms with Crippen molar-refractivity contribution in [1.82, 2.24) is 10.0 Å². The quantitative estimate of drug-likeness (QED) is 0.651. The van der Waals surface area contributed by atoms with E-state index in [0.717, 1.165) is 16.2 Å². The lowest BCUT2D eigenvalue weighted by molar-refractivity contribution is 0.0925. The van der Waals surface area contributed by atoms with E-state index in [4.69, 9.17) is 4.74 Å². The first-order chi connectivity index (χ1) is 14.0. The Morgan fingerprint density at radius 3 is 2.72 bits per heavy atom. The van der Waals surface area contributed by atoms with Crippen LogP contribution in [0.5, 0.6) is 5.75 Å². The third kappa shape index (κ3) is 3.91. The highest BCUT2D eigenvalue weighted by atomic mass is 32.2. The summed E-state index contributed by atoms with van der Waals surface area (Å²) in [4.78, 5) is 14.2. The van der Waals surface area contributed by atoms with Crippen molar-refractivity contribution in [2.75, 3.05) is 13.7 Å². The summed E-state index contributed by atoms with van der Waals surface area (Å²) in [6.45, 7) is 0.508. The Balaban J connectivity index is 1.73. The van der Waals surface area contributed by atoms with Gasteiger partial charge in [0.1, 0.15) is 5.75 Å². The molecule has 0 bridgehead atoms. The number of rotatable bonds is 5. The van der Waals surface area contributed by atoms with Crippen molar-refractivity contribution >= 4 is 27.3 Å². The zero-order valence-electron chi connectivity index (χ0n) is 15.7. The number of carbonyl (C=O) groups excluding carboxylic acids is 1. The number of thiophene rings is 1. The number of amides is 1. The minimum Gasteiger partial charge on any atom is -0.493 e. The van der Waals surface area contributed by atoms with Crippen LogP contribution in [0.15, 0.2) is 64.9 Å². The molecule has 1 unspecified atom stereocenters. The molecule has 3 aromatic rings. The molecule has 1 aliphatic heterocycles. The molecule has 2 N–H and O–H groups in total. The second-order valence-electron chi connectivity index (χ2n) is 6.59. The number of fused-ring (bicyclic) bond motifs is 1. The van der Waals surface area contributed by atoms with Gasteiger partial charge in [-0.25, -0.2) is 13.1 Å². The first kappa shape index (κ1) is 19.6. The normalized spacial score (nSPS) is 16.0. The monoisotopic (exact) mass is 428 g/mol. The van der Waals surface area contributed by atoms with E-state index in [1.165, 1.54) is 30.5 Å². The summed E-state index contributed by atoms with van der Waals surface area (Å²) in [7, 11) is -2.32. The van der Waals surface area contributed by atoms with Crippen LogP contribution in [0.3, 0.4) is 0 Å². The van der Waals surface area contributed by atoms with Gasteiger partial charge in [-0.2, -0.15) is 0 Å². The summed E-state index contributed by atoms with van der Waals surface area (Å²) >= 11 is 1.50. The van der Waals surface area contributed by atoms with Crippen LogP contribution >= 0.6 is 11.3 Å². The number of hydrogen-bond donors (Lipinski definition) is 2. The highest BCUT2D eigenvalue weighted by molar-refractivity contribution is 7.89. The van der Waals surface area contributed by atoms with Crippen molar-refractivity contribution in [3.8, 4) is 16.2 Å². The highest BCUT2D eigenvalue weighted by Crippen LogP contribution is 2.33. The van der Waals surface area contributed by atoms with Crippen LogP contribution in [0.25, 0.3) is 10.4 Å². The van der Waals surface area contributed by atoms with Gasteiger partial charge in [0.2, 0.25) is 10.0 Å². The molecule has 150 valence electrons. The van der Waals surface area contributed by atoms with Crippen LogP contribution in [-0.4, -0.2) is 28.0 Å². The predicted molar refractivity (Wildman–Crippen MR) is 113 cm³/mol.